The van der Waals surface area contributed by atoms with Crippen molar-refractivity contribution in [2.45, 2.75) is 6.54 Å². The highest BCUT2D eigenvalue weighted by atomic mass is 35.5. The van der Waals surface area contributed by atoms with Crippen molar-refractivity contribution in [3.63, 3.8) is 0 Å². The zero-order valence-electron chi connectivity index (χ0n) is 12.4. The minimum Gasteiger partial charge on any atom is -0.346 e. The molecule has 0 saturated heterocycles. The molecule has 0 radical (unpaired) electrons. The lowest BCUT2D eigenvalue weighted by Gasteiger charge is -2.07. The van der Waals surface area contributed by atoms with Gasteiger partial charge in [-0.1, -0.05) is 35.9 Å². The van der Waals surface area contributed by atoms with Crippen LogP contribution in [0.5, 0.6) is 0 Å². The molecule has 122 valence electrons. The van der Waals surface area contributed by atoms with E-state index in [1.54, 1.807) is 30.3 Å². The van der Waals surface area contributed by atoms with Crippen molar-refractivity contribution in [1.29, 1.82) is 0 Å². The van der Waals surface area contributed by atoms with Crippen LogP contribution in [0.25, 0.3) is 0 Å². The predicted octanol–water partition coefficient (Wildman–Crippen LogP) is 3.27. The normalized spacial score (nSPS) is 10.4. The Bertz CT molecular complexity index is 850. The summed E-state index contributed by atoms with van der Waals surface area (Å²) in [5.41, 5.74) is 1.14. The van der Waals surface area contributed by atoms with Crippen LogP contribution < -0.4 is 10.6 Å². The Balaban J connectivity index is 1.69. The van der Waals surface area contributed by atoms with Gasteiger partial charge in [0.1, 0.15) is 5.82 Å². The van der Waals surface area contributed by atoms with E-state index in [0.717, 1.165) is 5.56 Å². The Morgan fingerprint density at radius 3 is 2.62 bits per heavy atom. The van der Waals surface area contributed by atoms with Crippen LogP contribution >= 0.6 is 11.6 Å². The molecular formula is C16H13ClFN5O. The number of nitrogens with one attached hydrogen (secondary N) is 3. The number of hydrogen-bond acceptors (Lipinski definition) is 4. The molecule has 0 aliphatic heterocycles. The Morgan fingerprint density at radius 1 is 1.12 bits per heavy atom. The number of carbonyl (C=O) groups is 1. The van der Waals surface area contributed by atoms with Gasteiger partial charge >= 0.3 is 0 Å². The van der Waals surface area contributed by atoms with Gasteiger partial charge in [-0.15, -0.1) is 10.2 Å². The summed E-state index contributed by atoms with van der Waals surface area (Å²) >= 11 is 5.82. The van der Waals surface area contributed by atoms with Crippen LogP contribution in [0.1, 0.15) is 16.1 Å². The fraction of sp³-hybridized carbons (Fsp3) is 0.0625. The fourth-order valence-corrected chi connectivity index (χ4v) is 2.16. The topological polar surface area (TPSA) is 82.7 Å². The van der Waals surface area contributed by atoms with Crippen LogP contribution in [0.4, 0.5) is 15.9 Å². The summed E-state index contributed by atoms with van der Waals surface area (Å²) in [6.07, 6.45) is 0. The Hall–Kier alpha value is -2.93. The molecule has 2 aromatic carbocycles. The second kappa shape index (κ2) is 7.10. The van der Waals surface area contributed by atoms with Gasteiger partial charge in [0.2, 0.25) is 0 Å². The van der Waals surface area contributed by atoms with Crippen LogP contribution in [0.15, 0.2) is 48.5 Å². The third-order valence-electron chi connectivity index (χ3n) is 3.26. The lowest BCUT2D eigenvalue weighted by molar-refractivity contribution is 0.0946. The van der Waals surface area contributed by atoms with E-state index in [1.165, 1.54) is 6.07 Å². The number of H-pyrrole nitrogens is 1. The number of benzene rings is 2. The van der Waals surface area contributed by atoms with E-state index in [2.05, 4.69) is 26.0 Å². The minimum absolute atomic E-state index is 0.0483. The predicted molar refractivity (Wildman–Crippen MR) is 88.7 cm³/mol. The van der Waals surface area contributed by atoms with Crippen LogP contribution in [-0.4, -0.2) is 21.3 Å². The highest BCUT2D eigenvalue weighted by molar-refractivity contribution is 6.30. The highest BCUT2D eigenvalue weighted by Crippen LogP contribution is 2.19. The van der Waals surface area contributed by atoms with Gasteiger partial charge in [0.05, 0.1) is 5.69 Å². The summed E-state index contributed by atoms with van der Waals surface area (Å²) in [7, 11) is 0. The SMILES string of the molecule is O=C(NCc1ccc(Cl)cc1)c1n[nH]nc1Nc1ccccc1F. The maximum atomic E-state index is 13.7. The maximum absolute atomic E-state index is 13.7. The summed E-state index contributed by atoms with van der Waals surface area (Å²) in [5.74, 6) is -0.737. The number of halogens is 2. The number of rotatable bonds is 5. The summed E-state index contributed by atoms with van der Waals surface area (Å²) in [4.78, 5) is 12.2. The number of hydrogen-bond donors (Lipinski definition) is 3. The van der Waals surface area contributed by atoms with Gasteiger partial charge in [-0.3, -0.25) is 4.79 Å². The molecule has 0 saturated carbocycles. The molecule has 8 heteroatoms. The number of carbonyl (C=O) groups excluding carboxylic acids is 1. The van der Waals surface area contributed by atoms with Crippen LogP contribution in [0.2, 0.25) is 5.02 Å². The Kier molecular flexibility index (Phi) is 4.72. The lowest BCUT2D eigenvalue weighted by Crippen LogP contribution is -2.24. The molecule has 6 nitrogen and oxygen atoms in total. The molecule has 0 spiro atoms. The summed E-state index contributed by atoms with van der Waals surface area (Å²) in [6, 6.07) is 13.2. The third-order valence-corrected chi connectivity index (χ3v) is 3.51. The zero-order chi connectivity index (χ0) is 16.9. The molecule has 0 bridgehead atoms. The molecule has 0 atom stereocenters. The van der Waals surface area contributed by atoms with Crippen LogP contribution in [0, 0.1) is 5.82 Å². The zero-order valence-corrected chi connectivity index (χ0v) is 13.1. The molecule has 0 aliphatic carbocycles. The van der Waals surface area contributed by atoms with Crippen molar-refractivity contribution in [3.8, 4) is 0 Å². The smallest absolute Gasteiger partial charge is 0.275 e. The van der Waals surface area contributed by atoms with E-state index in [4.69, 9.17) is 11.6 Å². The molecule has 24 heavy (non-hydrogen) atoms. The van der Waals surface area contributed by atoms with Crippen LogP contribution in [0.3, 0.4) is 0 Å². The Morgan fingerprint density at radius 2 is 1.88 bits per heavy atom. The first kappa shape index (κ1) is 15.9. The average Bonchev–Trinajstić information content (AvgIpc) is 3.04. The van der Waals surface area contributed by atoms with Crippen molar-refractivity contribution in [2.75, 3.05) is 5.32 Å². The summed E-state index contributed by atoms with van der Waals surface area (Å²) in [6.45, 7) is 0.308. The van der Waals surface area contributed by atoms with E-state index in [0.29, 0.717) is 11.6 Å². The second-order valence-corrected chi connectivity index (χ2v) is 5.37. The first-order valence-electron chi connectivity index (χ1n) is 7.08. The van der Waals surface area contributed by atoms with Gasteiger partial charge in [-0.2, -0.15) is 5.21 Å². The Labute approximate surface area is 142 Å². The summed E-state index contributed by atoms with van der Waals surface area (Å²) in [5, 5.41) is 16.1. The lowest BCUT2D eigenvalue weighted by atomic mass is 10.2. The number of anilines is 2. The standard InChI is InChI=1S/C16H13ClFN5O/c17-11-7-5-10(6-8-11)9-19-16(24)14-15(22-23-21-14)20-13-4-2-1-3-12(13)18/h1-8H,9H2,(H,19,24)(H2,20,21,22,23). The van der Waals surface area contributed by atoms with Crippen molar-refractivity contribution >= 4 is 29.0 Å². The van der Waals surface area contributed by atoms with Gasteiger partial charge < -0.3 is 10.6 Å². The molecule has 0 fully saturated rings. The molecule has 3 N–H and O–H groups in total. The van der Waals surface area contributed by atoms with E-state index < -0.39 is 11.7 Å². The van der Waals surface area contributed by atoms with E-state index >= 15 is 0 Å². The molecule has 0 unspecified atom stereocenters. The monoisotopic (exact) mass is 345 g/mol. The number of amides is 1. The van der Waals surface area contributed by atoms with Crippen molar-refractivity contribution < 1.29 is 9.18 Å². The average molecular weight is 346 g/mol. The number of para-hydroxylation sites is 1. The maximum Gasteiger partial charge on any atom is 0.275 e. The highest BCUT2D eigenvalue weighted by Gasteiger charge is 2.17. The third kappa shape index (κ3) is 3.69. The van der Waals surface area contributed by atoms with E-state index in [9.17, 15) is 9.18 Å². The van der Waals surface area contributed by atoms with Gasteiger partial charge in [0, 0.05) is 11.6 Å². The van der Waals surface area contributed by atoms with Crippen molar-refractivity contribution in [2.24, 2.45) is 0 Å². The first-order valence-corrected chi connectivity index (χ1v) is 7.46. The van der Waals surface area contributed by atoms with E-state index in [-0.39, 0.29) is 17.2 Å². The summed E-state index contributed by atoms with van der Waals surface area (Å²) < 4.78 is 13.7. The van der Waals surface area contributed by atoms with Crippen molar-refractivity contribution in [1.82, 2.24) is 20.7 Å². The number of aromatic nitrogens is 3. The van der Waals surface area contributed by atoms with Gasteiger partial charge in [0.25, 0.3) is 5.91 Å². The fourth-order valence-electron chi connectivity index (χ4n) is 2.03. The molecule has 3 aromatic rings. The minimum atomic E-state index is -0.451. The van der Waals surface area contributed by atoms with Gasteiger partial charge in [-0.25, -0.2) is 4.39 Å². The van der Waals surface area contributed by atoms with E-state index in [1.807, 2.05) is 12.1 Å². The molecule has 1 aromatic heterocycles. The molecule has 1 heterocycles. The number of nitrogens with zero attached hydrogens (tertiary/aromatic N) is 2. The second-order valence-electron chi connectivity index (χ2n) is 4.93. The first-order chi connectivity index (χ1) is 11.6. The van der Waals surface area contributed by atoms with Gasteiger partial charge in [0.15, 0.2) is 11.5 Å². The quantitative estimate of drug-likeness (QED) is 0.662. The van der Waals surface area contributed by atoms with Crippen molar-refractivity contribution in [3.05, 3.63) is 70.6 Å². The molecule has 1 amide bonds. The number of aromatic amines is 1. The largest absolute Gasteiger partial charge is 0.346 e. The van der Waals surface area contributed by atoms with Crippen LogP contribution in [-0.2, 0) is 6.54 Å². The molecular weight excluding hydrogens is 333 g/mol. The van der Waals surface area contributed by atoms with Gasteiger partial charge in [-0.05, 0) is 29.8 Å². The molecule has 0 aliphatic rings. The molecule has 3 rings (SSSR count).